The molecule has 0 aliphatic carbocycles. The van der Waals surface area contributed by atoms with Crippen molar-refractivity contribution in [3.63, 3.8) is 0 Å². The van der Waals surface area contributed by atoms with Crippen LogP contribution in [-0.4, -0.2) is 41.4 Å². The lowest BCUT2D eigenvalue weighted by Gasteiger charge is -2.13. The summed E-state index contributed by atoms with van der Waals surface area (Å²) in [5, 5.41) is 3.93. The quantitative estimate of drug-likeness (QED) is 0.205. The van der Waals surface area contributed by atoms with E-state index in [4.69, 9.17) is 30.0 Å². The number of methoxy groups -OCH3 is 2. The molecule has 3 aromatic carbocycles. The van der Waals surface area contributed by atoms with Crippen LogP contribution >= 0.6 is 11.6 Å². The van der Waals surface area contributed by atoms with Gasteiger partial charge in [0.05, 0.1) is 32.1 Å². The molecule has 0 radical (unpaired) electrons. The number of hydrogen-bond acceptors (Lipinski definition) is 8. The van der Waals surface area contributed by atoms with Crippen LogP contribution in [0.2, 0.25) is 5.02 Å². The van der Waals surface area contributed by atoms with Crippen LogP contribution < -0.4 is 23.8 Å². The highest BCUT2D eigenvalue weighted by molar-refractivity contribution is 7.87. The van der Waals surface area contributed by atoms with Gasteiger partial charge in [0.15, 0.2) is 17.2 Å². The van der Waals surface area contributed by atoms with Gasteiger partial charge in [0.1, 0.15) is 4.90 Å². The predicted octanol–water partition coefficient (Wildman–Crippen LogP) is 4.99. The minimum Gasteiger partial charge on any atom is -0.493 e. The third-order valence-electron chi connectivity index (χ3n) is 5.02. The molecule has 0 unspecified atom stereocenters. The molecule has 0 spiro atoms. The molecule has 1 N–H and O–H groups in total. The summed E-state index contributed by atoms with van der Waals surface area (Å²) in [6, 6.07) is 13.9. The van der Waals surface area contributed by atoms with Crippen LogP contribution in [0.4, 0.5) is 0 Å². The third kappa shape index (κ3) is 7.14. The molecule has 0 fully saturated rings. The summed E-state index contributed by atoms with van der Waals surface area (Å²) in [7, 11) is -1.31. The van der Waals surface area contributed by atoms with Crippen LogP contribution in [0.15, 0.2) is 64.6 Å². The number of nitrogens with one attached hydrogen (secondary N) is 1. The maximum absolute atomic E-state index is 12.7. The Morgan fingerprint density at radius 1 is 1.00 bits per heavy atom. The van der Waals surface area contributed by atoms with E-state index < -0.39 is 16.0 Å². The number of carbonyl (C=O) groups is 1. The van der Waals surface area contributed by atoms with Gasteiger partial charge in [0.25, 0.3) is 5.91 Å². The maximum atomic E-state index is 12.7. The number of aryl methyl sites for hydroxylation is 1. The summed E-state index contributed by atoms with van der Waals surface area (Å²) in [5.41, 5.74) is 4.08. The molecule has 0 saturated heterocycles. The van der Waals surface area contributed by atoms with Crippen molar-refractivity contribution >= 4 is 33.8 Å². The monoisotopic (exact) mass is 546 g/mol. The fraction of sp³-hybridized carbons (Fsp3) is 0.231. The maximum Gasteiger partial charge on any atom is 0.339 e. The van der Waals surface area contributed by atoms with Crippen molar-refractivity contribution in [2.45, 2.75) is 25.2 Å². The van der Waals surface area contributed by atoms with Gasteiger partial charge < -0.3 is 18.4 Å². The Balaban J connectivity index is 1.75. The minimum atomic E-state index is -4.15. The van der Waals surface area contributed by atoms with Crippen LogP contribution in [0.1, 0.15) is 34.8 Å². The Morgan fingerprint density at radius 3 is 2.35 bits per heavy atom. The van der Waals surface area contributed by atoms with Crippen LogP contribution in [-0.2, 0) is 10.1 Å². The first-order valence-electron chi connectivity index (χ1n) is 11.2. The Kier molecular flexibility index (Phi) is 9.37. The normalized spacial score (nSPS) is 11.3. The molecule has 37 heavy (non-hydrogen) atoms. The largest absolute Gasteiger partial charge is 0.493 e. The molecule has 1 amide bonds. The number of hydrogen-bond donors (Lipinski definition) is 1. The van der Waals surface area contributed by atoms with E-state index >= 15 is 0 Å². The molecule has 3 rings (SSSR count). The second-order valence-electron chi connectivity index (χ2n) is 7.80. The summed E-state index contributed by atoms with van der Waals surface area (Å²) < 4.78 is 46.8. The molecule has 9 nitrogen and oxygen atoms in total. The van der Waals surface area contributed by atoms with Crippen LogP contribution in [0, 0.1) is 6.92 Å². The predicted molar refractivity (Wildman–Crippen MR) is 141 cm³/mol. The molecule has 0 aliphatic rings. The van der Waals surface area contributed by atoms with E-state index in [2.05, 4.69) is 10.5 Å². The van der Waals surface area contributed by atoms with Gasteiger partial charge in [-0.1, -0.05) is 36.2 Å². The SMILES string of the molecule is CCCOc1ccc(C(=O)N/N=C/c2cc(Cl)c(OS(=O)(=O)c3ccc(C)cc3)c(OC)c2)cc1OC. The first-order valence-corrected chi connectivity index (χ1v) is 13.0. The number of halogens is 1. The molecule has 3 aromatic rings. The standard InChI is InChI=1S/C26H27ClN2O7S/c1-5-12-35-22-11-8-19(15-23(22)33-3)26(30)29-28-16-18-13-21(27)25(24(14-18)34-4)36-37(31,32)20-9-6-17(2)7-10-20/h6-11,13-16H,5,12H2,1-4H3,(H,29,30)/b28-16+. The second-order valence-corrected chi connectivity index (χ2v) is 9.75. The number of hydrazone groups is 1. The Morgan fingerprint density at radius 2 is 1.70 bits per heavy atom. The van der Waals surface area contributed by atoms with E-state index in [1.165, 1.54) is 44.7 Å². The lowest BCUT2D eigenvalue weighted by Crippen LogP contribution is -2.17. The summed E-state index contributed by atoms with van der Waals surface area (Å²) >= 11 is 6.31. The van der Waals surface area contributed by atoms with Gasteiger partial charge in [-0.25, -0.2) is 5.43 Å². The Bertz CT molecular complexity index is 1390. The third-order valence-corrected chi connectivity index (χ3v) is 6.54. The van der Waals surface area contributed by atoms with Crippen LogP contribution in [0.25, 0.3) is 0 Å². The number of carbonyl (C=O) groups excluding carboxylic acids is 1. The number of amides is 1. The van der Waals surface area contributed by atoms with Gasteiger partial charge in [-0.2, -0.15) is 13.5 Å². The fourth-order valence-corrected chi connectivity index (χ4v) is 4.39. The smallest absolute Gasteiger partial charge is 0.339 e. The van der Waals surface area contributed by atoms with Gasteiger partial charge >= 0.3 is 10.1 Å². The number of ether oxygens (including phenoxy) is 3. The van der Waals surface area contributed by atoms with E-state index in [1.807, 2.05) is 13.8 Å². The van der Waals surface area contributed by atoms with E-state index in [9.17, 15) is 13.2 Å². The zero-order valence-corrected chi connectivity index (χ0v) is 22.4. The highest BCUT2D eigenvalue weighted by Crippen LogP contribution is 2.38. The highest BCUT2D eigenvalue weighted by atomic mass is 35.5. The van der Waals surface area contributed by atoms with Crippen LogP contribution in [0.5, 0.6) is 23.0 Å². The number of nitrogens with zero attached hydrogens (tertiary/aromatic N) is 1. The highest BCUT2D eigenvalue weighted by Gasteiger charge is 2.22. The van der Waals surface area contributed by atoms with E-state index in [0.29, 0.717) is 29.2 Å². The molecule has 11 heteroatoms. The molecule has 0 aliphatic heterocycles. The lowest BCUT2D eigenvalue weighted by molar-refractivity contribution is 0.0954. The molecular weight excluding hydrogens is 520 g/mol. The van der Waals surface area contributed by atoms with Crippen molar-refractivity contribution in [1.29, 1.82) is 0 Å². The van der Waals surface area contributed by atoms with Gasteiger partial charge in [0.2, 0.25) is 5.75 Å². The van der Waals surface area contributed by atoms with Gasteiger partial charge in [-0.3, -0.25) is 4.79 Å². The summed E-state index contributed by atoms with van der Waals surface area (Å²) in [4.78, 5) is 12.5. The van der Waals surface area contributed by atoms with Crippen molar-refractivity contribution in [3.05, 3.63) is 76.3 Å². The average molecular weight is 547 g/mol. The van der Waals surface area contributed by atoms with E-state index in [0.717, 1.165) is 12.0 Å². The fourth-order valence-electron chi connectivity index (χ4n) is 3.13. The van der Waals surface area contributed by atoms with Crippen molar-refractivity contribution in [3.8, 4) is 23.0 Å². The second kappa shape index (κ2) is 12.5. The molecule has 0 atom stereocenters. The van der Waals surface area contributed by atoms with Crippen molar-refractivity contribution < 1.29 is 31.6 Å². The molecule has 196 valence electrons. The van der Waals surface area contributed by atoms with Gasteiger partial charge in [-0.15, -0.1) is 0 Å². The van der Waals surface area contributed by atoms with Crippen molar-refractivity contribution in [2.24, 2.45) is 5.10 Å². The Hall–Kier alpha value is -3.76. The van der Waals surface area contributed by atoms with Crippen LogP contribution in [0.3, 0.4) is 0 Å². The number of benzene rings is 3. The van der Waals surface area contributed by atoms with Gasteiger partial charge in [0, 0.05) is 5.56 Å². The topological polar surface area (TPSA) is 113 Å². The van der Waals surface area contributed by atoms with E-state index in [1.54, 1.807) is 30.3 Å². The van der Waals surface area contributed by atoms with E-state index in [-0.39, 0.29) is 21.4 Å². The molecule has 0 aromatic heterocycles. The first-order chi connectivity index (χ1) is 17.7. The zero-order chi connectivity index (χ0) is 27.0. The molecule has 0 saturated carbocycles. The molecular formula is C26H27ClN2O7S. The summed E-state index contributed by atoms with van der Waals surface area (Å²) in [5.74, 6) is 0.404. The minimum absolute atomic E-state index is 0.0183. The van der Waals surface area contributed by atoms with Gasteiger partial charge in [-0.05, 0) is 61.4 Å². The molecule has 0 bridgehead atoms. The zero-order valence-electron chi connectivity index (χ0n) is 20.8. The summed E-state index contributed by atoms with van der Waals surface area (Å²) in [6.45, 7) is 4.36. The average Bonchev–Trinajstić information content (AvgIpc) is 2.88. The number of rotatable bonds is 11. The molecule has 0 heterocycles. The van der Waals surface area contributed by atoms with Crippen molar-refractivity contribution in [1.82, 2.24) is 5.43 Å². The van der Waals surface area contributed by atoms with Crippen molar-refractivity contribution in [2.75, 3.05) is 20.8 Å². The summed E-state index contributed by atoms with van der Waals surface area (Å²) in [6.07, 6.45) is 2.17. The first kappa shape index (κ1) is 27.8. The lowest BCUT2D eigenvalue weighted by atomic mass is 10.2. The Labute approximate surface area is 221 Å².